The second-order valence-corrected chi connectivity index (χ2v) is 9.28. The minimum Gasteiger partial charge on any atom is -0.497 e. The van der Waals surface area contributed by atoms with Gasteiger partial charge >= 0.3 is 5.97 Å². The molecule has 32 heavy (non-hydrogen) atoms. The lowest BCUT2D eigenvalue weighted by atomic mass is 10.1. The number of benzene rings is 2. The number of ether oxygens (including phenoxy) is 2. The fourth-order valence-electron chi connectivity index (χ4n) is 2.89. The van der Waals surface area contributed by atoms with Gasteiger partial charge in [-0.2, -0.15) is 4.72 Å². The standard InChI is InChI=1S/C23H30N2O6S/c1-17(2)22(25-32(28,29)20-13-11-19(30-3)12-14-20)23(27)31-16-21(26)24-15-7-10-18-8-5-4-6-9-18/h4-6,8-9,11-14,17,22,25H,7,10,15-16H2,1-3H3,(H,24,26)/t22-/m0/s1. The number of nitrogens with one attached hydrogen (secondary N) is 2. The van der Waals surface area contributed by atoms with Gasteiger partial charge in [0.2, 0.25) is 10.0 Å². The van der Waals surface area contributed by atoms with Gasteiger partial charge in [-0.25, -0.2) is 8.42 Å². The molecule has 0 aliphatic heterocycles. The average molecular weight is 463 g/mol. The lowest BCUT2D eigenvalue weighted by Crippen LogP contribution is -2.46. The van der Waals surface area contributed by atoms with Crippen molar-refractivity contribution >= 4 is 21.9 Å². The molecule has 9 heteroatoms. The minimum absolute atomic E-state index is 0.00657. The van der Waals surface area contributed by atoms with Crippen LogP contribution in [0.1, 0.15) is 25.8 Å². The number of methoxy groups -OCH3 is 1. The Bertz CT molecular complexity index is 975. The summed E-state index contributed by atoms with van der Waals surface area (Å²) in [6.07, 6.45) is 1.57. The van der Waals surface area contributed by atoms with Gasteiger partial charge < -0.3 is 14.8 Å². The first-order valence-electron chi connectivity index (χ1n) is 10.4. The van der Waals surface area contributed by atoms with Crippen molar-refractivity contribution in [1.82, 2.24) is 10.0 Å². The smallest absolute Gasteiger partial charge is 0.324 e. The number of hydrogen-bond acceptors (Lipinski definition) is 6. The van der Waals surface area contributed by atoms with Crippen LogP contribution < -0.4 is 14.8 Å². The number of carbonyl (C=O) groups excluding carboxylic acids is 2. The van der Waals surface area contributed by atoms with E-state index in [9.17, 15) is 18.0 Å². The van der Waals surface area contributed by atoms with E-state index in [0.717, 1.165) is 12.8 Å². The predicted molar refractivity (Wildman–Crippen MR) is 121 cm³/mol. The summed E-state index contributed by atoms with van der Waals surface area (Å²) in [6.45, 7) is 3.35. The van der Waals surface area contributed by atoms with E-state index >= 15 is 0 Å². The van der Waals surface area contributed by atoms with Crippen LogP contribution in [0, 0.1) is 5.92 Å². The van der Waals surface area contributed by atoms with Crippen molar-refractivity contribution in [3.05, 3.63) is 60.2 Å². The lowest BCUT2D eigenvalue weighted by molar-refractivity contribution is -0.151. The highest BCUT2D eigenvalue weighted by atomic mass is 32.2. The molecule has 0 aromatic heterocycles. The van der Waals surface area contributed by atoms with E-state index in [-0.39, 0.29) is 10.8 Å². The van der Waals surface area contributed by atoms with Crippen molar-refractivity contribution in [2.75, 3.05) is 20.3 Å². The number of esters is 1. The SMILES string of the molecule is COc1ccc(S(=O)(=O)N[C@H](C(=O)OCC(=O)NCCCc2ccccc2)C(C)C)cc1. The number of aryl methyl sites for hydroxylation is 1. The Morgan fingerprint density at radius 3 is 2.25 bits per heavy atom. The van der Waals surface area contributed by atoms with Crippen molar-refractivity contribution < 1.29 is 27.5 Å². The first-order valence-corrected chi connectivity index (χ1v) is 11.8. The molecule has 0 radical (unpaired) electrons. The largest absolute Gasteiger partial charge is 0.497 e. The van der Waals surface area contributed by atoms with Crippen LogP contribution in [-0.4, -0.2) is 46.6 Å². The van der Waals surface area contributed by atoms with Crippen molar-refractivity contribution in [2.24, 2.45) is 5.92 Å². The topological polar surface area (TPSA) is 111 Å². The van der Waals surface area contributed by atoms with Crippen LogP contribution in [0.5, 0.6) is 5.75 Å². The third-order valence-electron chi connectivity index (χ3n) is 4.73. The Morgan fingerprint density at radius 2 is 1.66 bits per heavy atom. The highest BCUT2D eigenvalue weighted by molar-refractivity contribution is 7.89. The summed E-state index contributed by atoms with van der Waals surface area (Å²) in [5.74, 6) is -1.12. The number of rotatable bonds is 12. The molecule has 2 aromatic rings. The van der Waals surface area contributed by atoms with Crippen LogP contribution in [0.15, 0.2) is 59.5 Å². The molecule has 174 valence electrons. The third kappa shape index (κ3) is 7.97. The van der Waals surface area contributed by atoms with Gasteiger partial charge in [-0.15, -0.1) is 0 Å². The van der Waals surface area contributed by atoms with Crippen LogP contribution in [0.4, 0.5) is 0 Å². The van der Waals surface area contributed by atoms with E-state index in [2.05, 4.69) is 10.0 Å². The molecule has 0 unspecified atom stereocenters. The molecule has 0 spiro atoms. The van der Waals surface area contributed by atoms with Crippen molar-refractivity contribution in [3.8, 4) is 5.75 Å². The van der Waals surface area contributed by atoms with Gasteiger partial charge in [-0.3, -0.25) is 9.59 Å². The Morgan fingerprint density at radius 1 is 1.00 bits per heavy atom. The van der Waals surface area contributed by atoms with E-state index in [1.54, 1.807) is 13.8 Å². The molecule has 0 saturated carbocycles. The van der Waals surface area contributed by atoms with Gasteiger partial charge in [-0.05, 0) is 48.6 Å². The Kier molecular flexibility index (Phi) is 9.67. The summed E-state index contributed by atoms with van der Waals surface area (Å²) in [5.41, 5.74) is 1.18. The molecule has 2 rings (SSSR count). The maximum absolute atomic E-state index is 12.6. The second kappa shape index (κ2) is 12.2. The monoisotopic (exact) mass is 462 g/mol. The molecule has 1 amide bonds. The zero-order valence-electron chi connectivity index (χ0n) is 18.5. The summed E-state index contributed by atoms with van der Waals surface area (Å²) < 4.78 is 37.7. The Labute approximate surface area is 189 Å². The molecule has 2 aromatic carbocycles. The van der Waals surface area contributed by atoms with Crippen molar-refractivity contribution in [1.29, 1.82) is 0 Å². The maximum atomic E-state index is 12.6. The molecule has 0 fully saturated rings. The highest BCUT2D eigenvalue weighted by Gasteiger charge is 2.30. The molecular weight excluding hydrogens is 432 g/mol. The Hall–Kier alpha value is -2.91. The summed E-state index contributed by atoms with van der Waals surface area (Å²) >= 11 is 0. The van der Waals surface area contributed by atoms with Crippen molar-refractivity contribution in [2.45, 2.75) is 37.6 Å². The molecule has 2 N–H and O–H groups in total. The lowest BCUT2D eigenvalue weighted by Gasteiger charge is -2.20. The fourth-order valence-corrected chi connectivity index (χ4v) is 4.22. The van der Waals surface area contributed by atoms with Gasteiger partial charge in [0.25, 0.3) is 5.91 Å². The molecule has 0 aliphatic carbocycles. The first-order chi connectivity index (χ1) is 15.2. The number of amides is 1. The van der Waals surface area contributed by atoms with E-state index in [1.165, 1.54) is 36.9 Å². The van der Waals surface area contributed by atoms with Gasteiger partial charge in [0.05, 0.1) is 12.0 Å². The summed E-state index contributed by atoms with van der Waals surface area (Å²) in [6, 6.07) is 14.6. The van der Waals surface area contributed by atoms with Crippen LogP contribution in [0.2, 0.25) is 0 Å². The van der Waals surface area contributed by atoms with Crippen molar-refractivity contribution in [3.63, 3.8) is 0 Å². The molecule has 0 saturated heterocycles. The zero-order valence-corrected chi connectivity index (χ0v) is 19.4. The Balaban J connectivity index is 1.83. The fraction of sp³-hybridized carbons (Fsp3) is 0.391. The van der Waals surface area contributed by atoms with E-state index in [4.69, 9.17) is 9.47 Å². The second-order valence-electron chi connectivity index (χ2n) is 7.57. The molecule has 0 aliphatic rings. The van der Waals surface area contributed by atoms with E-state index < -0.39 is 34.5 Å². The summed E-state index contributed by atoms with van der Waals surface area (Å²) in [7, 11) is -2.49. The molecule has 8 nitrogen and oxygen atoms in total. The van der Waals surface area contributed by atoms with Crippen LogP contribution in [0.25, 0.3) is 0 Å². The van der Waals surface area contributed by atoms with Gasteiger partial charge in [-0.1, -0.05) is 44.2 Å². The van der Waals surface area contributed by atoms with Crippen LogP contribution in [-0.2, 0) is 30.8 Å². The van der Waals surface area contributed by atoms with Crippen LogP contribution >= 0.6 is 0 Å². The van der Waals surface area contributed by atoms with E-state index in [0.29, 0.717) is 12.3 Å². The zero-order chi connectivity index (χ0) is 23.6. The molecular formula is C23H30N2O6S. The summed E-state index contributed by atoms with van der Waals surface area (Å²) in [5, 5.41) is 2.69. The quantitative estimate of drug-likeness (QED) is 0.370. The number of sulfonamides is 1. The van der Waals surface area contributed by atoms with Crippen LogP contribution in [0.3, 0.4) is 0 Å². The van der Waals surface area contributed by atoms with Gasteiger partial charge in [0, 0.05) is 6.54 Å². The average Bonchev–Trinajstić information content (AvgIpc) is 2.79. The predicted octanol–water partition coefficient (Wildman–Crippen LogP) is 2.29. The number of carbonyl (C=O) groups is 2. The molecule has 0 bridgehead atoms. The minimum atomic E-state index is -3.96. The molecule has 1 atom stereocenters. The first kappa shape index (κ1) is 25.4. The van der Waals surface area contributed by atoms with E-state index in [1.807, 2.05) is 30.3 Å². The van der Waals surface area contributed by atoms with Gasteiger partial charge in [0.1, 0.15) is 11.8 Å². The normalized spacial score (nSPS) is 12.2. The third-order valence-corrected chi connectivity index (χ3v) is 6.18. The highest BCUT2D eigenvalue weighted by Crippen LogP contribution is 2.17. The summed E-state index contributed by atoms with van der Waals surface area (Å²) in [4.78, 5) is 24.4. The van der Waals surface area contributed by atoms with Gasteiger partial charge in [0.15, 0.2) is 6.61 Å². The molecule has 0 heterocycles. The maximum Gasteiger partial charge on any atom is 0.324 e. The number of hydrogen-bond donors (Lipinski definition) is 2.